The van der Waals surface area contributed by atoms with E-state index in [1.807, 2.05) is 19.1 Å². The summed E-state index contributed by atoms with van der Waals surface area (Å²) in [6, 6.07) is 9.32. The number of phenols is 1. The topological polar surface area (TPSA) is 61.8 Å². The number of hydrogen-bond acceptors (Lipinski definition) is 4. The number of amides is 1. The van der Waals surface area contributed by atoms with Crippen LogP contribution in [0.25, 0.3) is 0 Å². The molecule has 6 heteroatoms. The van der Waals surface area contributed by atoms with Crippen LogP contribution in [0.1, 0.15) is 21.5 Å². The van der Waals surface area contributed by atoms with Crippen molar-refractivity contribution in [1.29, 1.82) is 0 Å². The van der Waals surface area contributed by atoms with E-state index >= 15 is 0 Å². The summed E-state index contributed by atoms with van der Waals surface area (Å²) in [4.78, 5) is 14.5. The van der Waals surface area contributed by atoms with Gasteiger partial charge in [0.2, 0.25) is 0 Å². The summed E-state index contributed by atoms with van der Waals surface area (Å²) in [5.41, 5.74) is 2.71. The first-order chi connectivity index (χ1) is 12.1. The van der Waals surface area contributed by atoms with Crippen LogP contribution >= 0.6 is 0 Å². The van der Waals surface area contributed by atoms with Crippen molar-refractivity contribution in [2.24, 2.45) is 0 Å². The first kappa shape index (κ1) is 17.2. The zero-order valence-corrected chi connectivity index (χ0v) is 14.1. The number of nitrogens with zero attached hydrogens (tertiary/aromatic N) is 1. The van der Waals surface area contributed by atoms with Gasteiger partial charge in [0.1, 0.15) is 11.6 Å². The normalized spacial score (nSPS) is 14.4. The van der Waals surface area contributed by atoms with Crippen molar-refractivity contribution in [3.05, 3.63) is 58.9 Å². The fourth-order valence-electron chi connectivity index (χ4n) is 2.88. The molecule has 0 bridgehead atoms. The van der Waals surface area contributed by atoms with Gasteiger partial charge in [-0.3, -0.25) is 4.79 Å². The van der Waals surface area contributed by atoms with E-state index < -0.39 is 5.82 Å². The lowest BCUT2D eigenvalue weighted by molar-refractivity contribution is 0.0302. The molecule has 0 spiro atoms. The molecule has 2 aromatic carbocycles. The molecule has 1 aliphatic heterocycles. The van der Waals surface area contributed by atoms with Crippen molar-refractivity contribution in [1.82, 2.24) is 4.90 Å². The third kappa shape index (κ3) is 3.91. The Kier molecular flexibility index (Phi) is 5.19. The molecule has 2 N–H and O–H groups in total. The van der Waals surface area contributed by atoms with Crippen molar-refractivity contribution >= 4 is 11.6 Å². The maximum Gasteiger partial charge on any atom is 0.254 e. The Labute approximate surface area is 146 Å². The number of morpholine rings is 1. The van der Waals surface area contributed by atoms with Gasteiger partial charge in [-0.1, -0.05) is 6.07 Å². The van der Waals surface area contributed by atoms with E-state index in [-0.39, 0.29) is 18.2 Å². The fraction of sp³-hybridized carbons (Fsp3) is 0.316. The van der Waals surface area contributed by atoms with Gasteiger partial charge in [-0.05, 0) is 42.8 Å². The van der Waals surface area contributed by atoms with Crippen molar-refractivity contribution in [3.8, 4) is 5.75 Å². The van der Waals surface area contributed by atoms with E-state index in [4.69, 9.17) is 4.74 Å². The molecule has 2 aromatic rings. The molecule has 0 unspecified atom stereocenters. The summed E-state index contributed by atoms with van der Waals surface area (Å²) in [6.45, 7) is 4.43. The van der Waals surface area contributed by atoms with Crippen molar-refractivity contribution in [2.45, 2.75) is 13.5 Å². The van der Waals surface area contributed by atoms with Crippen LogP contribution < -0.4 is 5.32 Å². The largest absolute Gasteiger partial charge is 0.508 e. The molecule has 132 valence electrons. The maximum absolute atomic E-state index is 13.3. The number of rotatable bonds is 4. The number of benzene rings is 2. The second-order valence-electron chi connectivity index (χ2n) is 6.01. The highest BCUT2D eigenvalue weighted by Crippen LogP contribution is 2.24. The molecule has 0 radical (unpaired) electrons. The SMILES string of the molecule is Cc1c(NCc2cc(F)ccc2O)cccc1C(=O)N1CCOCC1. The van der Waals surface area contributed by atoms with Crippen molar-refractivity contribution in [3.63, 3.8) is 0 Å². The number of phenolic OH excluding ortho intramolecular Hbond substituents is 1. The Morgan fingerprint density at radius 2 is 2.04 bits per heavy atom. The number of ether oxygens (including phenoxy) is 1. The number of carbonyl (C=O) groups is 1. The zero-order valence-electron chi connectivity index (χ0n) is 14.1. The summed E-state index contributed by atoms with van der Waals surface area (Å²) >= 11 is 0. The van der Waals surface area contributed by atoms with E-state index in [0.29, 0.717) is 37.4 Å². The van der Waals surface area contributed by atoms with Crippen LogP contribution in [0.2, 0.25) is 0 Å². The summed E-state index contributed by atoms with van der Waals surface area (Å²) in [5.74, 6) is -0.382. The minimum Gasteiger partial charge on any atom is -0.508 e. The second kappa shape index (κ2) is 7.53. The van der Waals surface area contributed by atoms with E-state index in [1.165, 1.54) is 18.2 Å². The van der Waals surface area contributed by atoms with Crippen LogP contribution in [0.15, 0.2) is 36.4 Å². The van der Waals surface area contributed by atoms with Gasteiger partial charge in [-0.2, -0.15) is 0 Å². The molecule has 1 fully saturated rings. The lowest BCUT2D eigenvalue weighted by Gasteiger charge is -2.27. The van der Waals surface area contributed by atoms with Gasteiger partial charge >= 0.3 is 0 Å². The Morgan fingerprint density at radius 1 is 1.28 bits per heavy atom. The maximum atomic E-state index is 13.3. The average molecular weight is 344 g/mol. The van der Waals surface area contributed by atoms with Gasteiger partial charge in [0, 0.05) is 36.4 Å². The van der Waals surface area contributed by atoms with Crippen LogP contribution in [0, 0.1) is 12.7 Å². The lowest BCUT2D eigenvalue weighted by Crippen LogP contribution is -2.41. The molecule has 1 heterocycles. The average Bonchev–Trinajstić information content (AvgIpc) is 2.63. The zero-order chi connectivity index (χ0) is 17.8. The summed E-state index contributed by atoms with van der Waals surface area (Å²) in [5, 5.41) is 13.0. The van der Waals surface area contributed by atoms with E-state index in [1.54, 1.807) is 11.0 Å². The molecule has 0 aliphatic carbocycles. The van der Waals surface area contributed by atoms with Crippen LogP contribution in [-0.4, -0.2) is 42.2 Å². The molecule has 1 aliphatic rings. The lowest BCUT2D eigenvalue weighted by atomic mass is 10.0. The van der Waals surface area contributed by atoms with Gasteiger partial charge < -0.3 is 20.1 Å². The molecule has 5 nitrogen and oxygen atoms in total. The fourth-order valence-corrected chi connectivity index (χ4v) is 2.88. The predicted molar refractivity (Wildman–Crippen MR) is 93.3 cm³/mol. The van der Waals surface area contributed by atoms with Crippen LogP contribution in [0.5, 0.6) is 5.75 Å². The number of aromatic hydroxyl groups is 1. The minimum atomic E-state index is -0.400. The van der Waals surface area contributed by atoms with Gasteiger partial charge in [0.15, 0.2) is 0 Å². The standard InChI is InChI=1S/C19H21FN2O3/c1-13-16(19(24)22-7-9-25-10-8-22)3-2-4-17(13)21-12-14-11-15(20)5-6-18(14)23/h2-6,11,21,23H,7-10,12H2,1H3. The van der Waals surface area contributed by atoms with E-state index in [9.17, 15) is 14.3 Å². The molecule has 25 heavy (non-hydrogen) atoms. The number of carbonyl (C=O) groups excluding carboxylic acids is 1. The highest BCUT2D eigenvalue weighted by Gasteiger charge is 2.20. The minimum absolute atomic E-state index is 0.0157. The Hall–Kier alpha value is -2.60. The smallest absolute Gasteiger partial charge is 0.254 e. The first-order valence-electron chi connectivity index (χ1n) is 8.24. The quantitative estimate of drug-likeness (QED) is 0.895. The number of halogens is 1. The van der Waals surface area contributed by atoms with Gasteiger partial charge in [0.05, 0.1) is 13.2 Å². The summed E-state index contributed by atoms with van der Waals surface area (Å²) in [7, 11) is 0. The molecule has 1 saturated heterocycles. The van der Waals surface area contributed by atoms with E-state index in [2.05, 4.69) is 5.32 Å². The van der Waals surface area contributed by atoms with Gasteiger partial charge in [0.25, 0.3) is 5.91 Å². The van der Waals surface area contributed by atoms with Crippen LogP contribution in [-0.2, 0) is 11.3 Å². The highest BCUT2D eigenvalue weighted by atomic mass is 19.1. The number of nitrogens with one attached hydrogen (secondary N) is 1. The molecular weight excluding hydrogens is 323 g/mol. The van der Waals surface area contributed by atoms with Crippen molar-refractivity contribution < 1.29 is 19.0 Å². The summed E-state index contributed by atoms with van der Waals surface area (Å²) < 4.78 is 18.6. The Morgan fingerprint density at radius 3 is 2.80 bits per heavy atom. The van der Waals surface area contributed by atoms with Gasteiger partial charge in [-0.25, -0.2) is 4.39 Å². The molecule has 0 saturated carbocycles. The summed E-state index contributed by atoms with van der Waals surface area (Å²) in [6.07, 6.45) is 0. The molecule has 1 amide bonds. The third-order valence-electron chi connectivity index (χ3n) is 4.37. The Balaban J connectivity index is 1.76. The molecule has 0 aromatic heterocycles. The van der Waals surface area contributed by atoms with E-state index in [0.717, 1.165) is 11.3 Å². The number of hydrogen-bond donors (Lipinski definition) is 2. The Bertz CT molecular complexity index is 773. The molecule has 0 atom stereocenters. The molecular formula is C19H21FN2O3. The number of anilines is 1. The van der Waals surface area contributed by atoms with Crippen molar-refractivity contribution in [2.75, 3.05) is 31.6 Å². The highest BCUT2D eigenvalue weighted by molar-refractivity contribution is 5.97. The first-order valence-corrected chi connectivity index (χ1v) is 8.24. The third-order valence-corrected chi connectivity index (χ3v) is 4.37. The second-order valence-corrected chi connectivity index (χ2v) is 6.01. The van der Waals surface area contributed by atoms with Crippen LogP contribution in [0.4, 0.5) is 10.1 Å². The monoisotopic (exact) mass is 344 g/mol. The molecule has 3 rings (SSSR count). The predicted octanol–water partition coefficient (Wildman–Crippen LogP) is 2.92. The van der Waals surface area contributed by atoms with Crippen LogP contribution in [0.3, 0.4) is 0 Å². The van der Waals surface area contributed by atoms with Gasteiger partial charge in [-0.15, -0.1) is 0 Å².